The van der Waals surface area contributed by atoms with Crippen molar-refractivity contribution < 1.29 is 38.5 Å². The highest BCUT2D eigenvalue weighted by atomic mass is 16.6. The molecule has 5 rings (SSSR count). The first-order valence-corrected chi connectivity index (χ1v) is 17.8. The Bertz CT molecular complexity index is 1550. The second-order valence-corrected chi connectivity index (χ2v) is 14.0. The van der Waals surface area contributed by atoms with E-state index in [1.165, 1.54) is 12.0 Å². The number of carbonyl (C=O) groups excluding carboxylic acids is 4. The van der Waals surface area contributed by atoms with Gasteiger partial charge in [0.05, 0.1) is 43.2 Å². The molecule has 3 heterocycles. The minimum absolute atomic E-state index is 0.0566. The number of rotatable bonds is 18. The summed E-state index contributed by atoms with van der Waals surface area (Å²) in [6, 6.07) is 16.1. The maximum atomic E-state index is 14.8. The van der Waals surface area contributed by atoms with Crippen molar-refractivity contribution in [3.63, 3.8) is 0 Å². The molecule has 0 radical (unpaired) electrons. The van der Waals surface area contributed by atoms with Crippen molar-refractivity contribution in [3.05, 3.63) is 97.1 Å². The van der Waals surface area contributed by atoms with Crippen molar-refractivity contribution >= 4 is 23.7 Å². The first kappa shape index (κ1) is 37.9. The molecule has 3 aliphatic rings. The van der Waals surface area contributed by atoms with Crippen molar-refractivity contribution in [1.29, 1.82) is 0 Å². The largest absolute Gasteiger partial charge is 0.455 e. The number of esters is 1. The summed E-state index contributed by atoms with van der Waals surface area (Å²) >= 11 is 0. The molecule has 2 aromatic carbocycles. The maximum absolute atomic E-state index is 14.8. The second-order valence-electron chi connectivity index (χ2n) is 14.0. The topological polar surface area (TPSA) is 135 Å². The van der Waals surface area contributed by atoms with Gasteiger partial charge < -0.3 is 34.4 Å². The van der Waals surface area contributed by atoms with Crippen LogP contribution < -0.4 is 5.32 Å². The summed E-state index contributed by atoms with van der Waals surface area (Å²) in [7, 11) is 1.50. The third-order valence-corrected chi connectivity index (χ3v) is 10.4. The molecular weight excluding hydrogens is 650 g/mol. The van der Waals surface area contributed by atoms with Crippen LogP contribution in [-0.2, 0) is 39.9 Å². The highest BCUT2D eigenvalue weighted by Gasteiger charge is 2.76. The Kier molecular flexibility index (Phi) is 12.5. The monoisotopic (exact) mass is 701 g/mol. The van der Waals surface area contributed by atoms with Gasteiger partial charge in [-0.25, -0.2) is 0 Å². The van der Waals surface area contributed by atoms with Gasteiger partial charge in [0.1, 0.15) is 17.7 Å². The van der Waals surface area contributed by atoms with Crippen LogP contribution in [0.25, 0.3) is 0 Å². The number of nitrogens with zero attached hydrogens (tertiary/aromatic N) is 2. The number of methoxy groups -OCH3 is 1. The second kappa shape index (κ2) is 16.8. The van der Waals surface area contributed by atoms with E-state index >= 15 is 0 Å². The number of fused-ring (bicyclic) bond motifs is 1. The predicted octanol–water partition coefficient (Wildman–Crippen LogP) is 3.97. The van der Waals surface area contributed by atoms with Crippen molar-refractivity contribution in [3.8, 4) is 0 Å². The van der Waals surface area contributed by atoms with Crippen molar-refractivity contribution in [2.75, 3.05) is 26.9 Å². The van der Waals surface area contributed by atoms with E-state index < -0.39 is 59.6 Å². The molecule has 3 amide bonds. The summed E-state index contributed by atoms with van der Waals surface area (Å²) in [4.78, 5) is 60.0. The van der Waals surface area contributed by atoms with E-state index in [9.17, 15) is 24.3 Å². The molecule has 2 aromatic rings. The molecule has 3 aliphatic heterocycles. The fourth-order valence-corrected chi connectivity index (χ4v) is 8.11. The lowest BCUT2D eigenvalue weighted by Gasteiger charge is -2.40. The van der Waals surface area contributed by atoms with Crippen LogP contribution in [0.4, 0.5) is 0 Å². The van der Waals surface area contributed by atoms with Crippen LogP contribution in [0.3, 0.4) is 0 Å². The number of carbonyl (C=O) groups is 4. The first-order valence-electron chi connectivity index (χ1n) is 17.8. The standard InChI is InChI=1S/C40H51N3O8/c1-6-8-19-32(45)41-29(25-49-5)35(28-17-13-10-14-18-28)50-39(48)33-31-20-21-40(51-31)34(33)37(46)43(30(24-44)26(3)4)36(40)38(47)42(22-7-2)23-27-15-11-9-12-16-27/h6-7,9-18,26,29-31,33-36,44H,1-2,8,19-25H2,3-5H3,(H,41,45)/t29-,30+,31+,33-,34-,35-,36+,40-/m1/s1. The Morgan fingerprint density at radius 1 is 1.10 bits per heavy atom. The zero-order valence-electron chi connectivity index (χ0n) is 29.8. The molecule has 11 nitrogen and oxygen atoms in total. The number of hydrogen-bond donors (Lipinski definition) is 2. The number of aliphatic hydroxyl groups excluding tert-OH is 1. The Labute approximate surface area is 300 Å². The number of ether oxygens (including phenoxy) is 3. The highest BCUT2D eigenvalue weighted by Crippen LogP contribution is 2.59. The van der Waals surface area contributed by atoms with Gasteiger partial charge in [0, 0.05) is 26.6 Å². The van der Waals surface area contributed by atoms with Crippen LogP contribution in [0, 0.1) is 17.8 Å². The van der Waals surface area contributed by atoms with Crippen LogP contribution in [0.15, 0.2) is 86.0 Å². The molecule has 8 atom stereocenters. The van der Waals surface area contributed by atoms with Gasteiger partial charge in [-0.05, 0) is 36.3 Å². The molecule has 3 saturated heterocycles. The Hall–Kier alpha value is -4.32. The Morgan fingerprint density at radius 2 is 1.78 bits per heavy atom. The number of nitrogens with one attached hydrogen (secondary N) is 1. The van der Waals surface area contributed by atoms with Crippen LogP contribution >= 0.6 is 0 Å². The molecule has 11 heteroatoms. The van der Waals surface area contributed by atoms with Crippen molar-refractivity contribution in [2.45, 2.75) is 82.0 Å². The summed E-state index contributed by atoms with van der Waals surface area (Å²) in [6.07, 6.45) is 3.22. The highest BCUT2D eigenvalue weighted by molar-refractivity contribution is 5.98. The average Bonchev–Trinajstić information content (AvgIpc) is 3.77. The lowest BCUT2D eigenvalue weighted by atomic mass is 9.70. The van der Waals surface area contributed by atoms with Gasteiger partial charge in [0.2, 0.25) is 17.7 Å². The molecule has 0 aliphatic carbocycles. The lowest BCUT2D eigenvalue weighted by Crippen LogP contribution is -2.59. The van der Waals surface area contributed by atoms with Gasteiger partial charge in [-0.3, -0.25) is 19.2 Å². The summed E-state index contributed by atoms with van der Waals surface area (Å²) in [5, 5.41) is 13.6. The number of hydrogen-bond acceptors (Lipinski definition) is 8. The summed E-state index contributed by atoms with van der Waals surface area (Å²) < 4.78 is 18.5. The average molecular weight is 702 g/mol. The molecule has 274 valence electrons. The molecule has 51 heavy (non-hydrogen) atoms. The van der Waals surface area contributed by atoms with Gasteiger partial charge in [-0.1, -0.05) is 86.7 Å². The Morgan fingerprint density at radius 3 is 2.39 bits per heavy atom. The number of amides is 3. The minimum Gasteiger partial charge on any atom is -0.455 e. The van der Waals surface area contributed by atoms with Crippen LogP contribution in [0.2, 0.25) is 0 Å². The molecule has 1 spiro atoms. The van der Waals surface area contributed by atoms with E-state index in [1.807, 2.05) is 74.5 Å². The van der Waals surface area contributed by atoms with E-state index in [2.05, 4.69) is 18.5 Å². The van der Waals surface area contributed by atoms with E-state index in [-0.39, 0.29) is 50.5 Å². The quantitative estimate of drug-likeness (QED) is 0.176. The third-order valence-electron chi connectivity index (χ3n) is 10.4. The van der Waals surface area contributed by atoms with E-state index in [1.54, 1.807) is 17.1 Å². The fourth-order valence-electron chi connectivity index (χ4n) is 8.11. The van der Waals surface area contributed by atoms with E-state index in [0.29, 0.717) is 24.8 Å². The number of benzene rings is 2. The predicted molar refractivity (Wildman–Crippen MR) is 191 cm³/mol. The molecule has 2 bridgehead atoms. The van der Waals surface area contributed by atoms with Crippen molar-refractivity contribution in [1.82, 2.24) is 15.1 Å². The van der Waals surface area contributed by atoms with Gasteiger partial charge >= 0.3 is 5.97 Å². The van der Waals surface area contributed by atoms with Gasteiger partial charge in [0.25, 0.3) is 0 Å². The van der Waals surface area contributed by atoms with Crippen molar-refractivity contribution in [2.24, 2.45) is 17.8 Å². The lowest BCUT2D eigenvalue weighted by molar-refractivity contribution is -0.164. The van der Waals surface area contributed by atoms with Gasteiger partial charge in [-0.15, -0.1) is 13.2 Å². The smallest absolute Gasteiger partial charge is 0.313 e. The van der Waals surface area contributed by atoms with E-state index in [4.69, 9.17) is 14.2 Å². The molecular formula is C40H51N3O8. The van der Waals surface area contributed by atoms with Gasteiger partial charge in [-0.2, -0.15) is 0 Å². The van der Waals surface area contributed by atoms with Crippen LogP contribution in [0.5, 0.6) is 0 Å². The zero-order chi connectivity index (χ0) is 36.7. The summed E-state index contributed by atoms with van der Waals surface area (Å²) in [5.41, 5.74) is 0.255. The maximum Gasteiger partial charge on any atom is 0.313 e. The molecule has 0 aromatic heterocycles. The summed E-state index contributed by atoms with van der Waals surface area (Å²) in [6.45, 7) is 11.5. The molecule has 0 unspecified atom stereocenters. The normalized spacial score (nSPS) is 25.2. The van der Waals surface area contributed by atoms with Crippen LogP contribution in [0.1, 0.15) is 56.8 Å². The molecule has 3 fully saturated rings. The molecule has 0 saturated carbocycles. The summed E-state index contributed by atoms with van der Waals surface area (Å²) in [5.74, 6) is -3.85. The van der Waals surface area contributed by atoms with E-state index in [0.717, 1.165) is 5.56 Å². The Balaban J connectivity index is 1.51. The number of aliphatic hydroxyl groups is 1. The third kappa shape index (κ3) is 7.66. The zero-order valence-corrected chi connectivity index (χ0v) is 29.8. The number of allylic oxidation sites excluding steroid dienone is 1. The number of likely N-dealkylation sites (tertiary alicyclic amines) is 1. The minimum atomic E-state index is -1.30. The SMILES string of the molecule is C=CCCC(=O)N[C@H](COC)[C@H](OC(=O)[C@@H]1[C@@H]2CC[C@]3(O2)[C@H](C(=O)N(CC=C)Cc2ccccc2)N([C@@H](CO)C(C)C)C(=O)[C@@H]13)c1ccccc1. The fraction of sp³-hybridized carbons (Fsp3) is 0.500. The first-order chi connectivity index (χ1) is 24.6. The van der Waals surface area contributed by atoms with Crippen LogP contribution in [-0.4, -0.2) is 95.3 Å². The van der Waals surface area contributed by atoms with Gasteiger partial charge in [0.15, 0.2) is 0 Å². The molecule has 2 N–H and O–H groups in total.